The molecule has 0 aromatic carbocycles. The van der Waals surface area contributed by atoms with E-state index in [9.17, 15) is 33.7 Å². The van der Waals surface area contributed by atoms with Crippen LogP contribution >= 0.6 is 0 Å². The monoisotopic (exact) mass is 457 g/mol. The van der Waals surface area contributed by atoms with Gasteiger partial charge in [-0.05, 0) is 33.0 Å². The summed E-state index contributed by atoms with van der Waals surface area (Å²) in [5.74, 6) is 0. The van der Waals surface area contributed by atoms with Crippen LogP contribution in [0.2, 0.25) is 0 Å². The summed E-state index contributed by atoms with van der Waals surface area (Å²) in [7, 11) is -13.9. The van der Waals surface area contributed by atoms with Gasteiger partial charge in [-0.2, -0.15) is 0 Å². The highest BCUT2D eigenvalue weighted by atomic mass is 32.3. The van der Waals surface area contributed by atoms with E-state index in [1.807, 2.05) is 0 Å². The highest BCUT2D eigenvalue weighted by Gasteiger charge is 2.27. The maximum absolute atomic E-state index is 11.5. The number of hydrogen-bond donors (Lipinski definition) is 0. The minimum Gasteiger partial charge on any atom is -0.306 e. The molecule has 158 valence electrons. The van der Waals surface area contributed by atoms with Gasteiger partial charge in [0.15, 0.2) is 0 Å². The zero-order chi connectivity index (χ0) is 21.0. The second-order valence-electron chi connectivity index (χ2n) is 6.06. The molecule has 0 aliphatic rings. The first kappa shape index (κ1) is 25.7. The summed E-state index contributed by atoms with van der Waals surface area (Å²) >= 11 is 0. The molecule has 0 amide bonds. The van der Waals surface area contributed by atoms with Crippen LogP contribution in [0.4, 0.5) is 0 Å². The Morgan fingerprint density at radius 3 is 0.923 bits per heavy atom. The van der Waals surface area contributed by atoms with Crippen molar-refractivity contribution >= 4 is 40.1 Å². The topological polar surface area (TPSA) is 146 Å². The molecule has 0 saturated heterocycles. The molecule has 0 aromatic rings. The molecular weight excluding hydrogens is 430 g/mol. The summed E-state index contributed by atoms with van der Waals surface area (Å²) in [5, 5.41) is 0. The summed E-state index contributed by atoms with van der Waals surface area (Å²) in [5.41, 5.74) is 0. The van der Waals surface area contributed by atoms with Crippen LogP contribution in [0, 0.1) is 0 Å². The van der Waals surface area contributed by atoms with Gasteiger partial charge in [-0.3, -0.25) is 0 Å². The first-order chi connectivity index (χ1) is 11.4. The van der Waals surface area contributed by atoms with Gasteiger partial charge in [0.1, 0.15) is 0 Å². The van der Waals surface area contributed by atoms with Gasteiger partial charge < -0.3 is 4.90 Å². The Bertz CT molecular complexity index is 740. The van der Waals surface area contributed by atoms with Gasteiger partial charge in [0.25, 0.3) is 0 Å². The quantitative estimate of drug-likeness (QED) is 0.329. The van der Waals surface area contributed by atoms with E-state index >= 15 is 0 Å². The second-order valence-corrected chi connectivity index (χ2v) is 14.1. The average Bonchev–Trinajstić information content (AvgIpc) is 2.33. The van der Waals surface area contributed by atoms with E-state index < -0.39 is 40.1 Å². The van der Waals surface area contributed by atoms with Crippen LogP contribution in [0.15, 0.2) is 0 Å². The maximum atomic E-state index is 11.5. The molecular formula is C11H27N3O8S4. The average molecular weight is 458 g/mol. The molecule has 0 fully saturated rings. The van der Waals surface area contributed by atoms with Crippen molar-refractivity contribution < 1.29 is 33.7 Å². The molecule has 11 nitrogen and oxygen atoms in total. The Hall–Kier alpha value is -0.320. The van der Waals surface area contributed by atoms with E-state index in [1.165, 1.54) is 0 Å². The first-order valence-corrected chi connectivity index (χ1v) is 14.8. The van der Waals surface area contributed by atoms with Crippen LogP contribution in [0.1, 0.15) is 12.8 Å². The van der Waals surface area contributed by atoms with E-state index in [-0.39, 0.29) is 25.9 Å². The van der Waals surface area contributed by atoms with Crippen LogP contribution in [0.3, 0.4) is 0 Å². The van der Waals surface area contributed by atoms with Crippen molar-refractivity contribution in [1.82, 2.24) is 12.3 Å². The van der Waals surface area contributed by atoms with Gasteiger partial charge in [-0.1, -0.05) is 7.42 Å². The normalized spacial score (nSPS) is 14.5. The molecule has 0 bridgehead atoms. The summed E-state index contributed by atoms with van der Waals surface area (Å²) in [4.78, 5) is 1.73. The minimum absolute atomic E-state index is 0.208. The predicted octanol–water partition coefficient (Wildman–Crippen LogP) is -1.86. The lowest BCUT2D eigenvalue weighted by Gasteiger charge is -2.22. The fourth-order valence-corrected chi connectivity index (χ4v) is 7.98. The van der Waals surface area contributed by atoms with E-state index in [0.717, 1.165) is 25.0 Å². The lowest BCUT2D eigenvalue weighted by molar-refractivity contribution is 0.313. The van der Waals surface area contributed by atoms with Gasteiger partial charge in [0.05, 0.1) is 25.0 Å². The van der Waals surface area contributed by atoms with Crippen LogP contribution in [-0.2, 0) is 40.1 Å². The zero-order valence-electron chi connectivity index (χ0n) is 15.5. The first-order valence-electron chi connectivity index (χ1n) is 7.41. The number of sulfonamides is 4. The van der Waals surface area contributed by atoms with Gasteiger partial charge in [-0.25, -0.2) is 33.7 Å². The minimum atomic E-state index is -3.89. The molecule has 0 unspecified atom stereocenters. The third-order valence-electron chi connectivity index (χ3n) is 3.24. The molecule has 26 heavy (non-hydrogen) atoms. The molecule has 0 aromatic heterocycles. The highest BCUT2D eigenvalue weighted by molar-refractivity contribution is 8.03. The van der Waals surface area contributed by atoms with E-state index in [0.29, 0.717) is 20.5 Å². The number of rotatable bonds is 12. The standard InChI is InChI=1S/C11H27N3O8S4/c1-12(8-6-10-13(23(2,15)16)24(3,17)18)9-7-11-14(25(4,19)20)26(5,21)22/h6-11H2,1-5H3. The molecule has 0 spiro atoms. The van der Waals surface area contributed by atoms with Crippen LogP contribution in [0.25, 0.3) is 0 Å². The molecule has 0 N–H and O–H groups in total. The molecule has 0 heterocycles. The summed E-state index contributed by atoms with van der Waals surface area (Å²) in [6, 6.07) is 0. The van der Waals surface area contributed by atoms with Gasteiger partial charge in [0, 0.05) is 13.1 Å². The predicted molar refractivity (Wildman–Crippen MR) is 99.5 cm³/mol. The fraction of sp³-hybridized carbons (Fsp3) is 1.00. The largest absolute Gasteiger partial charge is 0.306 e. The molecule has 0 aliphatic heterocycles. The van der Waals surface area contributed by atoms with Gasteiger partial charge >= 0.3 is 0 Å². The molecule has 0 saturated carbocycles. The summed E-state index contributed by atoms with van der Waals surface area (Å²) in [6.45, 7) is 0.278. The van der Waals surface area contributed by atoms with Crippen LogP contribution in [-0.4, -0.2) is 104 Å². The molecule has 0 aliphatic carbocycles. The Morgan fingerprint density at radius 2 is 0.731 bits per heavy atom. The number of hydrogen-bond acceptors (Lipinski definition) is 9. The Morgan fingerprint density at radius 1 is 0.500 bits per heavy atom. The lowest BCUT2D eigenvalue weighted by Crippen LogP contribution is -2.38. The van der Waals surface area contributed by atoms with Crippen molar-refractivity contribution in [2.24, 2.45) is 0 Å². The fourth-order valence-electron chi connectivity index (χ4n) is 2.21. The third-order valence-corrected chi connectivity index (χ3v) is 10.2. The molecule has 0 radical (unpaired) electrons. The molecule has 0 rings (SSSR count). The van der Waals surface area contributed by atoms with E-state index in [1.54, 1.807) is 11.9 Å². The van der Waals surface area contributed by atoms with Crippen molar-refractivity contribution in [3.8, 4) is 0 Å². The summed E-state index contributed by atoms with van der Waals surface area (Å²) in [6.07, 6.45) is 3.70. The van der Waals surface area contributed by atoms with Crippen LogP contribution in [0.5, 0.6) is 0 Å². The number of nitrogens with zero attached hydrogens (tertiary/aromatic N) is 3. The van der Waals surface area contributed by atoms with Gasteiger partial charge in [-0.15, -0.1) is 0 Å². The lowest BCUT2D eigenvalue weighted by atomic mass is 10.3. The smallest absolute Gasteiger partial charge is 0.224 e. The van der Waals surface area contributed by atoms with Crippen LogP contribution < -0.4 is 0 Å². The van der Waals surface area contributed by atoms with E-state index in [4.69, 9.17) is 0 Å². The van der Waals surface area contributed by atoms with E-state index in [2.05, 4.69) is 0 Å². The maximum Gasteiger partial charge on any atom is 0.224 e. The molecule has 15 heteroatoms. The van der Waals surface area contributed by atoms with Gasteiger partial charge in [0.2, 0.25) is 40.1 Å². The van der Waals surface area contributed by atoms with Crippen molar-refractivity contribution in [3.63, 3.8) is 0 Å². The SMILES string of the molecule is CN(CCCN(S(C)(=O)=O)S(C)(=O)=O)CCCN(S(C)(=O)=O)S(C)(=O)=O. The Balaban J connectivity index is 4.59. The highest BCUT2D eigenvalue weighted by Crippen LogP contribution is 2.08. The zero-order valence-corrected chi connectivity index (χ0v) is 18.7. The van der Waals surface area contributed by atoms with Crippen molar-refractivity contribution in [1.29, 1.82) is 0 Å². The van der Waals surface area contributed by atoms with Crippen molar-refractivity contribution in [2.45, 2.75) is 12.8 Å². The molecule has 0 atom stereocenters. The van der Waals surface area contributed by atoms with Crippen molar-refractivity contribution in [3.05, 3.63) is 0 Å². The Kier molecular flexibility index (Phi) is 9.14. The van der Waals surface area contributed by atoms with Crippen molar-refractivity contribution in [2.75, 3.05) is 58.2 Å². The summed E-state index contributed by atoms with van der Waals surface area (Å²) < 4.78 is 92.9. The third kappa shape index (κ3) is 9.57. The Labute approximate surface area is 157 Å². The second kappa shape index (κ2) is 9.25.